The van der Waals surface area contributed by atoms with Crippen molar-refractivity contribution in [3.8, 4) is 0 Å². The molecular formula is C12H14BrFO2. The van der Waals surface area contributed by atoms with E-state index in [4.69, 9.17) is 5.11 Å². The number of carboxylic acid groups (broad SMARTS) is 1. The number of hydrogen-bond acceptors (Lipinski definition) is 1. The Morgan fingerprint density at radius 3 is 2.44 bits per heavy atom. The first-order chi connectivity index (χ1) is 7.36. The van der Waals surface area contributed by atoms with Crippen LogP contribution in [0.3, 0.4) is 0 Å². The van der Waals surface area contributed by atoms with Gasteiger partial charge in [0.2, 0.25) is 0 Å². The Balaban J connectivity index is 3.40. The van der Waals surface area contributed by atoms with Gasteiger partial charge in [0.15, 0.2) is 0 Å². The van der Waals surface area contributed by atoms with Gasteiger partial charge in [-0.15, -0.1) is 0 Å². The molecule has 88 valence electrons. The van der Waals surface area contributed by atoms with Crippen LogP contribution in [0.25, 0.3) is 0 Å². The number of hydrogen-bond donors (Lipinski definition) is 1. The van der Waals surface area contributed by atoms with E-state index in [1.807, 2.05) is 0 Å². The Morgan fingerprint density at radius 2 is 2.00 bits per heavy atom. The summed E-state index contributed by atoms with van der Waals surface area (Å²) >= 11 is 3.29. The van der Waals surface area contributed by atoms with Gasteiger partial charge in [0.1, 0.15) is 5.82 Å². The summed E-state index contributed by atoms with van der Waals surface area (Å²) in [7, 11) is 0. The second kappa shape index (κ2) is 4.95. The molecule has 0 aliphatic heterocycles. The molecule has 16 heavy (non-hydrogen) atoms. The minimum absolute atomic E-state index is 0.153. The van der Waals surface area contributed by atoms with Crippen LogP contribution in [0.5, 0.6) is 0 Å². The van der Waals surface area contributed by atoms with Gasteiger partial charge in [-0.3, -0.25) is 4.79 Å². The lowest BCUT2D eigenvalue weighted by Crippen LogP contribution is -2.20. The van der Waals surface area contributed by atoms with Crippen molar-refractivity contribution in [2.75, 3.05) is 0 Å². The normalized spacial score (nSPS) is 12.9. The summed E-state index contributed by atoms with van der Waals surface area (Å²) in [6, 6.07) is 2.89. The van der Waals surface area contributed by atoms with E-state index in [2.05, 4.69) is 15.9 Å². The maximum atomic E-state index is 13.7. The lowest BCUT2D eigenvalue weighted by molar-refractivity contribution is -0.140. The van der Waals surface area contributed by atoms with Crippen molar-refractivity contribution < 1.29 is 14.3 Å². The van der Waals surface area contributed by atoms with Gasteiger partial charge in [-0.2, -0.15) is 0 Å². The van der Waals surface area contributed by atoms with E-state index in [1.54, 1.807) is 26.8 Å². The van der Waals surface area contributed by atoms with Crippen molar-refractivity contribution in [1.82, 2.24) is 0 Å². The Morgan fingerprint density at radius 1 is 1.44 bits per heavy atom. The molecule has 1 unspecified atom stereocenters. The molecule has 0 aliphatic rings. The van der Waals surface area contributed by atoms with Crippen LogP contribution in [0.2, 0.25) is 0 Å². The zero-order valence-electron chi connectivity index (χ0n) is 9.42. The van der Waals surface area contributed by atoms with Crippen molar-refractivity contribution in [2.24, 2.45) is 5.92 Å². The maximum Gasteiger partial charge on any atom is 0.311 e. The predicted octanol–water partition coefficient (Wildman–Crippen LogP) is 3.72. The first kappa shape index (κ1) is 13.2. The predicted molar refractivity (Wildman–Crippen MR) is 64.1 cm³/mol. The number of aliphatic carboxylic acids is 1. The molecular weight excluding hydrogens is 275 g/mol. The van der Waals surface area contributed by atoms with Gasteiger partial charge < -0.3 is 5.11 Å². The lowest BCUT2D eigenvalue weighted by Gasteiger charge is -2.20. The van der Waals surface area contributed by atoms with E-state index in [-0.39, 0.29) is 11.5 Å². The fourth-order valence-corrected chi connectivity index (χ4v) is 2.14. The Bertz CT molecular complexity index is 416. The number of rotatable bonds is 3. The molecule has 0 aliphatic carbocycles. The van der Waals surface area contributed by atoms with Crippen molar-refractivity contribution in [1.29, 1.82) is 0 Å². The number of carbonyl (C=O) groups is 1. The maximum absolute atomic E-state index is 13.7. The largest absolute Gasteiger partial charge is 0.481 e. The van der Waals surface area contributed by atoms with Crippen LogP contribution in [0.1, 0.15) is 30.9 Å². The van der Waals surface area contributed by atoms with Gasteiger partial charge in [-0.1, -0.05) is 29.8 Å². The van der Waals surface area contributed by atoms with Gasteiger partial charge in [0.05, 0.1) is 5.92 Å². The second-order valence-corrected chi connectivity index (χ2v) is 4.98. The van der Waals surface area contributed by atoms with Crippen molar-refractivity contribution in [3.63, 3.8) is 0 Å². The van der Waals surface area contributed by atoms with Crippen LogP contribution in [0, 0.1) is 18.7 Å². The molecule has 1 aromatic rings. The summed E-state index contributed by atoms with van der Waals surface area (Å²) in [6.45, 7) is 5.28. The van der Waals surface area contributed by atoms with E-state index in [9.17, 15) is 9.18 Å². The molecule has 4 heteroatoms. The number of carboxylic acids is 1. The van der Waals surface area contributed by atoms with Crippen molar-refractivity contribution in [3.05, 3.63) is 33.5 Å². The topological polar surface area (TPSA) is 37.3 Å². The van der Waals surface area contributed by atoms with Crippen LogP contribution in [-0.4, -0.2) is 11.1 Å². The van der Waals surface area contributed by atoms with E-state index >= 15 is 0 Å². The standard InChI is InChI=1S/C12H14BrFO2/c1-6(2)10(12(15)16)11-7(3)8(13)4-5-9(11)14/h4-6,10H,1-3H3,(H,15,16). The molecule has 1 atom stereocenters. The third kappa shape index (κ3) is 2.43. The summed E-state index contributed by atoms with van der Waals surface area (Å²) in [5.74, 6) is -2.41. The molecule has 0 amide bonds. The van der Waals surface area contributed by atoms with Gasteiger partial charge in [-0.25, -0.2) is 4.39 Å². The monoisotopic (exact) mass is 288 g/mol. The minimum atomic E-state index is -0.991. The van der Waals surface area contributed by atoms with Gasteiger partial charge in [0, 0.05) is 10.0 Å². The number of benzene rings is 1. The van der Waals surface area contributed by atoms with Gasteiger partial charge >= 0.3 is 5.97 Å². The quantitative estimate of drug-likeness (QED) is 0.920. The van der Waals surface area contributed by atoms with Gasteiger partial charge in [-0.05, 0) is 30.5 Å². The molecule has 0 aromatic heterocycles. The third-order valence-electron chi connectivity index (χ3n) is 2.64. The molecule has 1 rings (SSSR count). The smallest absolute Gasteiger partial charge is 0.311 e. The fraction of sp³-hybridized carbons (Fsp3) is 0.417. The highest BCUT2D eigenvalue weighted by molar-refractivity contribution is 9.10. The molecule has 0 saturated carbocycles. The Hall–Kier alpha value is -0.900. The number of halogens is 2. The highest BCUT2D eigenvalue weighted by Gasteiger charge is 2.28. The van der Waals surface area contributed by atoms with Crippen LogP contribution in [0.4, 0.5) is 4.39 Å². The SMILES string of the molecule is Cc1c(Br)ccc(F)c1C(C(=O)O)C(C)C. The zero-order chi connectivity index (χ0) is 12.5. The van der Waals surface area contributed by atoms with Crippen LogP contribution in [0.15, 0.2) is 16.6 Å². The zero-order valence-corrected chi connectivity index (χ0v) is 11.0. The average molecular weight is 289 g/mol. The Labute approximate surface area is 103 Å². The average Bonchev–Trinajstić information content (AvgIpc) is 2.17. The fourth-order valence-electron chi connectivity index (χ4n) is 1.79. The summed E-state index contributed by atoms with van der Waals surface area (Å²) in [4.78, 5) is 11.2. The van der Waals surface area contributed by atoms with E-state index in [1.165, 1.54) is 6.07 Å². The van der Waals surface area contributed by atoms with Crippen molar-refractivity contribution in [2.45, 2.75) is 26.7 Å². The molecule has 0 spiro atoms. The highest BCUT2D eigenvalue weighted by atomic mass is 79.9. The molecule has 0 radical (unpaired) electrons. The molecule has 0 bridgehead atoms. The van der Waals surface area contributed by atoms with Crippen LogP contribution in [-0.2, 0) is 4.79 Å². The lowest BCUT2D eigenvalue weighted by atomic mass is 9.85. The summed E-state index contributed by atoms with van der Waals surface area (Å²) in [6.07, 6.45) is 0. The first-order valence-corrected chi connectivity index (χ1v) is 5.82. The first-order valence-electron chi connectivity index (χ1n) is 5.03. The summed E-state index contributed by atoms with van der Waals surface area (Å²) < 4.78 is 14.4. The summed E-state index contributed by atoms with van der Waals surface area (Å²) in [5.41, 5.74) is 0.929. The van der Waals surface area contributed by atoms with E-state index in [0.29, 0.717) is 5.56 Å². The minimum Gasteiger partial charge on any atom is -0.481 e. The third-order valence-corrected chi connectivity index (χ3v) is 3.50. The molecule has 1 N–H and O–H groups in total. The van der Waals surface area contributed by atoms with E-state index in [0.717, 1.165) is 4.47 Å². The Kier molecular flexibility index (Phi) is 4.08. The van der Waals surface area contributed by atoms with Crippen LogP contribution < -0.4 is 0 Å². The second-order valence-electron chi connectivity index (χ2n) is 4.13. The highest BCUT2D eigenvalue weighted by Crippen LogP contribution is 2.33. The van der Waals surface area contributed by atoms with Gasteiger partial charge in [0.25, 0.3) is 0 Å². The molecule has 2 nitrogen and oxygen atoms in total. The van der Waals surface area contributed by atoms with E-state index < -0.39 is 17.7 Å². The van der Waals surface area contributed by atoms with Crippen molar-refractivity contribution >= 4 is 21.9 Å². The molecule has 0 fully saturated rings. The molecule has 0 heterocycles. The summed E-state index contributed by atoms with van der Waals surface area (Å²) in [5, 5.41) is 9.15. The molecule has 1 aromatic carbocycles. The molecule has 0 saturated heterocycles. The van der Waals surface area contributed by atoms with Crippen LogP contribution >= 0.6 is 15.9 Å².